The molecule has 0 unspecified atom stereocenters. The number of rotatable bonds is 2. The van der Waals surface area contributed by atoms with Crippen LogP contribution >= 0.6 is 11.9 Å². The number of fused-ring (bicyclic) bond motifs is 1. The molecule has 0 bridgehead atoms. The number of nitrogens with two attached hydrogens (primary N) is 1. The maximum absolute atomic E-state index is 5.54. The van der Waals surface area contributed by atoms with E-state index in [1.807, 2.05) is 0 Å². The summed E-state index contributed by atoms with van der Waals surface area (Å²) < 4.78 is 0. The number of hydrogen-bond donors (Lipinski definition) is 1. The Hall–Kier alpha value is -0.990. The first kappa shape index (κ1) is 10.5. The second-order valence-corrected chi connectivity index (χ2v) is 4.75. The average molecular weight is 217 g/mol. The summed E-state index contributed by atoms with van der Waals surface area (Å²) in [6, 6.07) is 12.9. The van der Waals surface area contributed by atoms with Crippen LogP contribution in [0.15, 0.2) is 41.3 Å². The van der Waals surface area contributed by atoms with Crippen LogP contribution in [0, 0.1) is 0 Å². The van der Waals surface area contributed by atoms with E-state index >= 15 is 0 Å². The fourth-order valence-electron chi connectivity index (χ4n) is 1.67. The minimum absolute atomic E-state index is 0.581. The molecule has 0 amide bonds. The highest BCUT2D eigenvalue weighted by Crippen LogP contribution is 2.24. The molecule has 78 valence electrons. The molecule has 15 heavy (non-hydrogen) atoms. The molecule has 1 nitrogen and oxygen atoms in total. The summed E-state index contributed by atoms with van der Waals surface area (Å²) in [6.07, 6.45) is 0. The summed E-state index contributed by atoms with van der Waals surface area (Å²) in [6.45, 7) is 4.43. The Bertz CT molecular complexity index is 477. The molecule has 2 N–H and O–H groups in total. The van der Waals surface area contributed by atoms with Crippen molar-refractivity contribution in [2.24, 2.45) is 5.14 Å². The lowest BCUT2D eigenvalue weighted by atomic mass is 9.99. The summed E-state index contributed by atoms with van der Waals surface area (Å²) in [5, 5.41) is 8.09. The van der Waals surface area contributed by atoms with Crippen molar-refractivity contribution in [1.29, 1.82) is 0 Å². The molecule has 0 radical (unpaired) electrons. The zero-order valence-electron chi connectivity index (χ0n) is 9.03. The average Bonchev–Trinajstić information content (AvgIpc) is 2.27. The maximum Gasteiger partial charge on any atom is 0.0232 e. The zero-order chi connectivity index (χ0) is 10.8. The van der Waals surface area contributed by atoms with Gasteiger partial charge in [-0.1, -0.05) is 38.1 Å². The molecular formula is C13H15NS. The van der Waals surface area contributed by atoms with Crippen molar-refractivity contribution in [2.45, 2.75) is 24.7 Å². The standard InChI is InChI=1S/C13H15NS/c1-9(2)10-3-4-12-8-13(15-14)6-5-11(12)7-10/h3-9H,14H2,1-2H3. The Kier molecular flexibility index (Phi) is 2.98. The Labute approximate surface area is 94.8 Å². The van der Waals surface area contributed by atoms with E-state index in [1.165, 1.54) is 28.3 Å². The van der Waals surface area contributed by atoms with E-state index in [1.54, 1.807) is 0 Å². The van der Waals surface area contributed by atoms with Gasteiger partial charge in [0.15, 0.2) is 0 Å². The van der Waals surface area contributed by atoms with E-state index in [0.29, 0.717) is 5.92 Å². The topological polar surface area (TPSA) is 26.0 Å². The number of benzene rings is 2. The van der Waals surface area contributed by atoms with Crippen LogP contribution in [0.4, 0.5) is 0 Å². The first-order chi connectivity index (χ1) is 7.20. The van der Waals surface area contributed by atoms with Crippen molar-refractivity contribution in [2.75, 3.05) is 0 Å². The minimum atomic E-state index is 0.581. The van der Waals surface area contributed by atoms with Gasteiger partial charge in [-0.25, -0.2) is 0 Å². The monoisotopic (exact) mass is 217 g/mol. The lowest BCUT2D eigenvalue weighted by Gasteiger charge is -2.07. The molecule has 0 aromatic heterocycles. The lowest BCUT2D eigenvalue weighted by molar-refractivity contribution is 0.869. The van der Waals surface area contributed by atoms with Crippen LogP contribution in [-0.2, 0) is 0 Å². The molecule has 2 heteroatoms. The molecule has 0 aliphatic carbocycles. The van der Waals surface area contributed by atoms with Gasteiger partial charge in [0, 0.05) is 4.90 Å². The second-order valence-electron chi connectivity index (χ2n) is 4.04. The van der Waals surface area contributed by atoms with Crippen molar-refractivity contribution in [3.8, 4) is 0 Å². The summed E-state index contributed by atoms with van der Waals surface area (Å²) >= 11 is 1.29. The largest absolute Gasteiger partial charge is 0.274 e. The number of hydrogen-bond acceptors (Lipinski definition) is 2. The van der Waals surface area contributed by atoms with Crippen LogP contribution in [-0.4, -0.2) is 0 Å². The van der Waals surface area contributed by atoms with Gasteiger partial charge in [-0.15, -0.1) is 0 Å². The molecule has 0 spiro atoms. The van der Waals surface area contributed by atoms with Crippen LogP contribution in [0.1, 0.15) is 25.3 Å². The SMILES string of the molecule is CC(C)c1ccc2cc(SN)ccc2c1. The van der Waals surface area contributed by atoms with E-state index in [9.17, 15) is 0 Å². The van der Waals surface area contributed by atoms with Gasteiger partial charge in [0.25, 0.3) is 0 Å². The van der Waals surface area contributed by atoms with Crippen molar-refractivity contribution in [1.82, 2.24) is 0 Å². The molecule has 2 aromatic rings. The van der Waals surface area contributed by atoms with Crippen molar-refractivity contribution in [3.05, 3.63) is 42.0 Å². The second kappa shape index (κ2) is 4.25. The molecule has 2 aromatic carbocycles. The van der Waals surface area contributed by atoms with E-state index in [-0.39, 0.29) is 0 Å². The van der Waals surface area contributed by atoms with E-state index in [0.717, 1.165) is 4.90 Å². The van der Waals surface area contributed by atoms with Gasteiger partial charge in [-0.05, 0) is 46.3 Å². The van der Waals surface area contributed by atoms with Gasteiger partial charge in [-0.3, -0.25) is 5.14 Å². The van der Waals surface area contributed by atoms with Crippen molar-refractivity contribution >= 4 is 22.7 Å². The summed E-state index contributed by atoms with van der Waals surface area (Å²) in [5.41, 5.74) is 1.38. The maximum atomic E-state index is 5.54. The zero-order valence-corrected chi connectivity index (χ0v) is 9.84. The lowest BCUT2D eigenvalue weighted by Crippen LogP contribution is -1.87. The summed E-state index contributed by atoms with van der Waals surface area (Å²) in [7, 11) is 0. The molecule has 0 heterocycles. The van der Waals surface area contributed by atoms with Crippen LogP contribution in [0.25, 0.3) is 10.8 Å². The smallest absolute Gasteiger partial charge is 0.0232 e. The normalized spacial score (nSPS) is 11.2. The first-order valence-electron chi connectivity index (χ1n) is 5.11. The van der Waals surface area contributed by atoms with Gasteiger partial charge in [0.05, 0.1) is 0 Å². The van der Waals surface area contributed by atoms with E-state index < -0.39 is 0 Å². The Morgan fingerprint density at radius 2 is 1.67 bits per heavy atom. The third kappa shape index (κ3) is 2.16. The van der Waals surface area contributed by atoms with Crippen LogP contribution in [0.5, 0.6) is 0 Å². The minimum Gasteiger partial charge on any atom is -0.274 e. The van der Waals surface area contributed by atoms with Crippen molar-refractivity contribution < 1.29 is 0 Å². The quantitative estimate of drug-likeness (QED) is 0.771. The molecule has 0 aliphatic rings. The molecule has 0 saturated carbocycles. The molecule has 2 rings (SSSR count). The van der Waals surface area contributed by atoms with Crippen molar-refractivity contribution in [3.63, 3.8) is 0 Å². The van der Waals surface area contributed by atoms with Crippen LogP contribution in [0.2, 0.25) is 0 Å². The molecule has 0 saturated heterocycles. The third-order valence-corrected chi connectivity index (χ3v) is 3.16. The highest BCUT2D eigenvalue weighted by atomic mass is 32.2. The molecule has 0 atom stereocenters. The predicted octanol–water partition coefficient (Wildman–Crippen LogP) is 3.93. The van der Waals surface area contributed by atoms with E-state index in [4.69, 9.17) is 5.14 Å². The third-order valence-electron chi connectivity index (χ3n) is 2.64. The Morgan fingerprint density at radius 1 is 1.00 bits per heavy atom. The fraction of sp³-hybridized carbons (Fsp3) is 0.231. The predicted molar refractivity (Wildman–Crippen MR) is 68.1 cm³/mol. The Balaban J connectivity index is 2.55. The highest BCUT2D eigenvalue weighted by Gasteiger charge is 2.01. The summed E-state index contributed by atoms with van der Waals surface area (Å²) in [5.74, 6) is 0.581. The van der Waals surface area contributed by atoms with Crippen LogP contribution < -0.4 is 5.14 Å². The van der Waals surface area contributed by atoms with E-state index in [2.05, 4.69) is 50.2 Å². The van der Waals surface area contributed by atoms with Crippen LogP contribution in [0.3, 0.4) is 0 Å². The first-order valence-corrected chi connectivity index (χ1v) is 5.99. The highest BCUT2D eigenvalue weighted by molar-refractivity contribution is 7.97. The van der Waals surface area contributed by atoms with Gasteiger partial charge < -0.3 is 0 Å². The summed E-state index contributed by atoms with van der Waals surface area (Å²) in [4.78, 5) is 1.11. The van der Waals surface area contributed by atoms with Gasteiger partial charge in [0.2, 0.25) is 0 Å². The molecule has 0 fully saturated rings. The molecular weight excluding hydrogens is 202 g/mol. The molecule has 0 aliphatic heterocycles. The Morgan fingerprint density at radius 3 is 2.33 bits per heavy atom. The fourth-order valence-corrected chi connectivity index (χ4v) is 2.02. The van der Waals surface area contributed by atoms with Gasteiger partial charge in [-0.2, -0.15) is 0 Å². The van der Waals surface area contributed by atoms with Gasteiger partial charge >= 0.3 is 0 Å². The van der Waals surface area contributed by atoms with Gasteiger partial charge in [0.1, 0.15) is 0 Å².